The van der Waals surface area contributed by atoms with Crippen LogP contribution in [0.25, 0.3) is 0 Å². The monoisotopic (exact) mass is 183 g/mol. The molecule has 1 fully saturated rings. The van der Waals surface area contributed by atoms with Gasteiger partial charge in [0.05, 0.1) is 12.6 Å². The van der Waals surface area contributed by atoms with Crippen LogP contribution in [-0.2, 0) is 9.53 Å². The number of nitrogens with one attached hydrogen (secondary N) is 1. The highest BCUT2D eigenvalue weighted by Crippen LogP contribution is 2.06. The molecule has 0 saturated carbocycles. The minimum atomic E-state index is 0.0560. The molecule has 0 aromatic heterocycles. The predicted octanol–water partition coefficient (Wildman–Crippen LogP) is 1.25. The molecule has 1 unspecified atom stereocenters. The number of carbonyl (C=O) groups excluding carboxylic acids is 1. The molecule has 0 aliphatic carbocycles. The lowest BCUT2D eigenvalue weighted by molar-refractivity contribution is -0.118. The quantitative estimate of drug-likeness (QED) is 0.669. The summed E-state index contributed by atoms with van der Waals surface area (Å²) in [4.78, 5) is 11.5. The highest BCUT2D eigenvalue weighted by molar-refractivity contribution is 5.93. The van der Waals surface area contributed by atoms with Crippen LogP contribution < -0.4 is 5.32 Å². The molecule has 1 N–H and O–H groups in total. The van der Waals surface area contributed by atoms with Crippen molar-refractivity contribution in [3.8, 4) is 0 Å². The summed E-state index contributed by atoms with van der Waals surface area (Å²) >= 11 is 0. The van der Waals surface area contributed by atoms with Crippen LogP contribution >= 0.6 is 0 Å². The summed E-state index contributed by atoms with van der Waals surface area (Å²) in [6.07, 6.45) is 3.59. The molecular weight excluding hydrogens is 166 g/mol. The Labute approximate surface area is 79.2 Å². The van der Waals surface area contributed by atoms with Crippen LogP contribution in [-0.4, -0.2) is 25.2 Å². The van der Waals surface area contributed by atoms with Crippen LogP contribution in [0.5, 0.6) is 0 Å². The van der Waals surface area contributed by atoms with Crippen LogP contribution in [0.15, 0.2) is 11.6 Å². The average Bonchev–Trinajstić information content (AvgIpc) is 2.59. The van der Waals surface area contributed by atoms with Gasteiger partial charge in [-0.25, -0.2) is 0 Å². The zero-order valence-corrected chi connectivity index (χ0v) is 8.30. The second kappa shape index (κ2) is 5.02. The van der Waals surface area contributed by atoms with E-state index in [4.69, 9.17) is 4.74 Å². The molecule has 0 radical (unpaired) electrons. The summed E-state index contributed by atoms with van der Waals surface area (Å²) < 4.78 is 5.17. The number of carbonyl (C=O) groups is 1. The second-order valence-corrected chi connectivity index (χ2v) is 3.20. The van der Waals surface area contributed by atoms with Gasteiger partial charge in [0.25, 0.3) is 0 Å². The lowest BCUT2D eigenvalue weighted by Gasteiger charge is -2.11. The molecular formula is C10H17NO2. The molecule has 3 heteroatoms. The van der Waals surface area contributed by atoms with Gasteiger partial charge in [-0.05, 0) is 19.8 Å². The first-order chi connectivity index (χ1) is 6.27. The zero-order chi connectivity index (χ0) is 9.68. The van der Waals surface area contributed by atoms with Gasteiger partial charge >= 0.3 is 0 Å². The van der Waals surface area contributed by atoms with Crippen molar-refractivity contribution < 1.29 is 9.53 Å². The Morgan fingerprint density at radius 3 is 2.92 bits per heavy atom. The van der Waals surface area contributed by atoms with Crippen molar-refractivity contribution in [1.82, 2.24) is 5.32 Å². The maximum absolute atomic E-state index is 11.5. The van der Waals surface area contributed by atoms with Crippen molar-refractivity contribution in [2.24, 2.45) is 0 Å². The maximum atomic E-state index is 11.5. The molecule has 1 aliphatic rings. The van der Waals surface area contributed by atoms with Crippen LogP contribution in [0.1, 0.15) is 26.7 Å². The minimum absolute atomic E-state index is 0.0560. The summed E-state index contributed by atoms with van der Waals surface area (Å²) in [5, 5.41) is 2.95. The highest BCUT2D eigenvalue weighted by atomic mass is 16.5. The Hall–Kier alpha value is -0.830. The summed E-state index contributed by atoms with van der Waals surface area (Å²) in [5.74, 6) is 0.0560. The van der Waals surface area contributed by atoms with Gasteiger partial charge in [-0.3, -0.25) is 4.79 Å². The van der Waals surface area contributed by atoms with Crippen molar-refractivity contribution in [2.45, 2.75) is 32.7 Å². The smallest absolute Gasteiger partial charge is 0.247 e. The molecule has 0 aromatic carbocycles. The Kier molecular flexibility index (Phi) is 3.96. The zero-order valence-electron chi connectivity index (χ0n) is 8.30. The predicted molar refractivity (Wildman–Crippen MR) is 51.4 cm³/mol. The fourth-order valence-electron chi connectivity index (χ4n) is 1.42. The lowest BCUT2D eigenvalue weighted by atomic mass is 10.1. The summed E-state index contributed by atoms with van der Waals surface area (Å²) in [6.45, 7) is 5.30. The van der Waals surface area contributed by atoms with E-state index in [1.807, 2.05) is 19.9 Å². The van der Waals surface area contributed by atoms with Crippen LogP contribution in [0, 0.1) is 0 Å². The fourth-order valence-corrected chi connectivity index (χ4v) is 1.42. The average molecular weight is 183 g/mol. The van der Waals surface area contributed by atoms with Crippen LogP contribution in [0.2, 0.25) is 0 Å². The van der Waals surface area contributed by atoms with Gasteiger partial charge in [0.1, 0.15) is 0 Å². The van der Waals surface area contributed by atoms with Crippen LogP contribution in [0.3, 0.4) is 0 Å². The van der Waals surface area contributed by atoms with Crippen molar-refractivity contribution >= 4 is 5.91 Å². The van der Waals surface area contributed by atoms with Gasteiger partial charge < -0.3 is 10.1 Å². The van der Waals surface area contributed by atoms with Gasteiger partial charge in [0.2, 0.25) is 5.91 Å². The SMILES string of the molecule is CC=C(CC)C(=O)NC1CCOC1. The first kappa shape index (κ1) is 10.3. The van der Waals surface area contributed by atoms with E-state index in [1.165, 1.54) is 0 Å². The number of amides is 1. The molecule has 1 saturated heterocycles. The maximum Gasteiger partial charge on any atom is 0.247 e. The normalized spacial score (nSPS) is 23.2. The summed E-state index contributed by atoms with van der Waals surface area (Å²) in [5.41, 5.74) is 0.854. The third kappa shape index (κ3) is 2.84. The third-order valence-electron chi connectivity index (χ3n) is 2.29. The Morgan fingerprint density at radius 2 is 2.46 bits per heavy atom. The number of allylic oxidation sites excluding steroid dienone is 1. The Morgan fingerprint density at radius 1 is 1.69 bits per heavy atom. The molecule has 74 valence electrons. The minimum Gasteiger partial charge on any atom is -0.379 e. The van der Waals surface area contributed by atoms with E-state index in [0.29, 0.717) is 6.61 Å². The van der Waals surface area contributed by atoms with E-state index in [0.717, 1.165) is 25.0 Å². The van der Waals surface area contributed by atoms with Crippen molar-refractivity contribution in [3.63, 3.8) is 0 Å². The number of rotatable bonds is 3. The molecule has 1 rings (SSSR count). The standard InChI is InChI=1S/C10H17NO2/c1-3-8(4-2)10(12)11-9-5-6-13-7-9/h3,9H,4-7H2,1-2H3,(H,11,12). The van der Waals surface area contributed by atoms with E-state index in [1.54, 1.807) is 0 Å². The van der Waals surface area contributed by atoms with Gasteiger partial charge in [-0.15, -0.1) is 0 Å². The van der Waals surface area contributed by atoms with E-state index >= 15 is 0 Å². The molecule has 1 heterocycles. The second-order valence-electron chi connectivity index (χ2n) is 3.20. The lowest BCUT2D eigenvalue weighted by Crippen LogP contribution is -2.35. The number of hydrogen-bond acceptors (Lipinski definition) is 2. The molecule has 0 spiro atoms. The largest absolute Gasteiger partial charge is 0.379 e. The molecule has 0 bridgehead atoms. The summed E-state index contributed by atoms with van der Waals surface area (Å²) in [6, 6.07) is 0.217. The molecule has 0 aromatic rings. The fraction of sp³-hybridized carbons (Fsp3) is 0.700. The number of hydrogen-bond donors (Lipinski definition) is 1. The first-order valence-electron chi connectivity index (χ1n) is 4.81. The van der Waals surface area contributed by atoms with Crippen LogP contribution in [0.4, 0.5) is 0 Å². The van der Waals surface area contributed by atoms with E-state index in [-0.39, 0.29) is 11.9 Å². The van der Waals surface area contributed by atoms with Gasteiger partial charge in [-0.1, -0.05) is 13.0 Å². The molecule has 1 atom stereocenters. The van der Waals surface area contributed by atoms with Gasteiger partial charge in [0, 0.05) is 12.2 Å². The Balaban J connectivity index is 2.39. The number of ether oxygens (including phenoxy) is 1. The molecule has 3 nitrogen and oxygen atoms in total. The van der Waals surface area contributed by atoms with Crippen molar-refractivity contribution in [1.29, 1.82) is 0 Å². The summed E-state index contributed by atoms with van der Waals surface area (Å²) in [7, 11) is 0. The van der Waals surface area contributed by atoms with Gasteiger partial charge in [0.15, 0.2) is 0 Å². The molecule has 1 amide bonds. The highest BCUT2D eigenvalue weighted by Gasteiger charge is 2.18. The third-order valence-corrected chi connectivity index (χ3v) is 2.29. The van der Waals surface area contributed by atoms with E-state index in [9.17, 15) is 4.79 Å². The van der Waals surface area contributed by atoms with Gasteiger partial charge in [-0.2, -0.15) is 0 Å². The molecule has 1 aliphatic heterocycles. The van der Waals surface area contributed by atoms with Crippen molar-refractivity contribution in [3.05, 3.63) is 11.6 Å². The van der Waals surface area contributed by atoms with E-state index in [2.05, 4.69) is 5.32 Å². The Bertz CT molecular complexity index is 205. The first-order valence-corrected chi connectivity index (χ1v) is 4.81. The molecule has 13 heavy (non-hydrogen) atoms. The van der Waals surface area contributed by atoms with Crippen molar-refractivity contribution in [2.75, 3.05) is 13.2 Å². The topological polar surface area (TPSA) is 38.3 Å². The van der Waals surface area contributed by atoms with E-state index < -0.39 is 0 Å².